The summed E-state index contributed by atoms with van der Waals surface area (Å²) >= 11 is 5.86. The van der Waals surface area contributed by atoms with E-state index in [2.05, 4.69) is 9.97 Å². The first-order valence-corrected chi connectivity index (χ1v) is 5.12. The van der Waals surface area contributed by atoms with Crippen molar-refractivity contribution in [2.45, 2.75) is 6.92 Å². The highest BCUT2D eigenvalue weighted by molar-refractivity contribution is 6.33. The number of carboxylic acids is 1. The molecule has 17 heavy (non-hydrogen) atoms. The monoisotopic (exact) mass is 254 g/mol. The Morgan fingerprint density at radius 3 is 2.82 bits per heavy atom. The van der Waals surface area contributed by atoms with Gasteiger partial charge in [-0.3, -0.25) is 0 Å². The Balaban J connectivity index is 2.72. The van der Waals surface area contributed by atoms with Gasteiger partial charge in [-0.05, 0) is 19.1 Å². The number of nitrogens with zero attached hydrogens (tertiary/aromatic N) is 1. The molecular weight excluding hydrogens is 247 g/mol. The van der Waals surface area contributed by atoms with Gasteiger partial charge in [-0.15, -0.1) is 0 Å². The molecule has 1 aromatic carbocycles. The molecule has 0 unspecified atom stereocenters. The fraction of sp³-hybridized carbons (Fsp3) is 0.0909. The number of hydrogen-bond acceptors (Lipinski definition) is 2. The van der Waals surface area contributed by atoms with Crippen LogP contribution in [0.5, 0.6) is 0 Å². The molecule has 2 aromatic rings. The normalized spacial score (nSPS) is 10.5. The van der Waals surface area contributed by atoms with Crippen LogP contribution < -0.4 is 0 Å². The van der Waals surface area contributed by atoms with Gasteiger partial charge in [0.2, 0.25) is 0 Å². The second kappa shape index (κ2) is 4.18. The number of aromatic carboxylic acids is 1. The van der Waals surface area contributed by atoms with Crippen molar-refractivity contribution in [2.24, 2.45) is 0 Å². The zero-order valence-corrected chi connectivity index (χ0v) is 9.55. The maximum atomic E-state index is 13.7. The molecular formula is C11H8ClFN2O2. The van der Waals surface area contributed by atoms with Crippen LogP contribution in [-0.2, 0) is 0 Å². The third-order valence-corrected chi connectivity index (χ3v) is 2.55. The number of halogens is 2. The van der Waals surface area contributed by atoms with Gasteiger partial charge in [0.05, 0.1) is 10.6 Å². The van der Waals surface area contributed by atoms with Crippen LogP contribution in [0.15, 0.2) is 18.2 Å². The molecule has 88 valence electrons. The van der Waals surface area contributed by atoms with E-state index in [1.165, 1.54) is 18.2 Å². The summed E-state index contributed by atoms with van der Waals surface area (Å²) in [6, 6.07) is 4.13. The molecule has 0 saturated carbocycles. The van der Waals surface area contributed by atoms with Crippen molar-refractivity contribution >= 4 is 17.6 Å². The summed E-state index contributed by atoms with van der Waals surface area (Å²) in [5, 5.41) is 9.11. The van der Waals surface area contributed by atoms with Crippen LogP contribution in [-0.4, -0.2) is 21.0 Å². The molecule has 0 amide bonds. The van der Waals surface area contributed by atoms with E-state index in [1.807, 2.05) is 0 Å². The molecule has 2 N–H and O–H groups in total. The van der Waals surface area contributed by atoms with E-state index in [0.29, 0.717) is 5.82 Å². The quantitative estimate of drug-likeness (QED) is 0.866. The maximum absolute atomic E-state index is 13.7. The summed E-state index contributed by atoms with van der Waals surface area (Å²) < 4.78 is 13.7. The third-order valence-electron chi connectivity index (χ3n) is 2.24. The topological polar surface area (TPSA) is 66.0 Å². The van der Waals surface area contributed by atoms with Gasteiger partial charge >= 0.3 is 5.97 Å². The average Bonchev–Trinajstić information content (AvgIpc) is 2.60. The maximum Gasteiger partial charge on any atom is 0.354 e. The summed E-state index contributed by atoms with van der Waals surface area (Å²) in [6.07, 6.45) is 0. The average molecular weight is 255 g/mol. The highest BCUT2D eigenvalue weighted by Gasteiger charge is 2.21. The Hall–Kier alpha value is -1.88. The Morgan fingerprint density at radius 2 is 2.24 bits per heavy atom. The van der Waals surface area contributed by atoms with Crippen molar-refractivity contribution in [3.8, 4) is 11.3 Å². The smallest absolute Gasteiger partial charge is 0.354 e. The number of imidazole rings is 1. The summed E-state index contributed by atoms with van der Waals surface area (Å²) in [5.74, 6) is -1.43. The van der Waals surface area contributed by atoms with E-state index in [9.17, 15) is 9.18 Å². The first-order chi connectivity index (χ1) is 8.00. The van der Waals surface area contributed by atoms with E-state index in [0.717, 1.165) is 0 Å². The Labute approximate surface area is 101 Å². The number of rotatable bonds is 2. The van der Waals surface area contributed by atoms with Gasteiger partial charge in [-0.1, -0.05) is 17.7 Å². The molecule has 0 bridgehead atoms. The highest BCUT2D eigenvalue weighted by Crippen LogP contribution is 2.31. The Morgan fingerprint density at radius 1 is 1.53 bits per heavy atom. The lowest BCUT2D eigenvalue weighted by Crippen LogP contribution is -2.00. The number of nitrogens with one attached hydrogen (secondary N) is 1. The third kappa shape index (κ3) is 2.01. The van der Waals surface area contributed by atoms with Gasteiger partial charge in [0, 0.05) is 0 Å². The summed E-state index contributed by atoms with van der Waals surface area (Å²) in [4.78, 5) is 17.5. The van der Waals surface area contributed by atoms with Crippen LogP contribution in [0, 0.1) is 12.7 Å². The zero-order valence-electron chi connectivity index (χ0n) is 8.79. The first kappa shape index (κ1) is 11.6. The lowest BCUT2D eigenvalue weighted by Gasteiger charge is -2.03. The molecule has 0 atom stereocenters. The van der Waals surface area contributed by atoms with Crippen molar-refractivity contribution in [3.05, 3.63) is 40.6 Å². The fourth-order valence-corrected chi connectivity index (χ4v) is 1.80. The van der Waals surface area contributed by atoms with Gasteiger partial charge in [0.1, 0.15) is 17.3 Å². The van der Waals surface area contributed by atoms with Crippen molar-refractivity contribution in [2.75, 3.05) is 0 Å². The molecule has 2 rings (SSSR count). The van der Waals surface area contributed by atoms with Gasteiger partial charge < -0.3 is 10.1 Å². The lowest BCUT2D eigenvalue weighted by atomic mass is 10.1. The second-order valence-electron chi connectivity index (χ2n) is 3.45. The van der Waals surface area contributed by atoms with Gasteiger partial charge in [0.25, 0.3) is 0 Å². The predicted octanol–water partition coefficient (Wildman–Crippen LogP) is 2.88. The van der Waals surface area contributed by atoms with E-state index in [4.69, 9.17) is 16.7 Å². The fourth-order valence-electron chi connectivity index (χ4n) is 1.55. The van der Waals surface area contributed by atoms with Gasteiger partial charge in [0.15, 0.2) is 5.69 Å². The SMILES string of the molecule is Cc1nc(-c2c(F)cccc2Cl)c(C(=O)O)[nH]1. The van der Waals surface area contributed by atoms with Crippen LogP contribution in [0.1, 0.15) is 16.3 Å². The lowest BCUT2D eigenvalue weighted by molar-refractivity contribution is 0.0692. The van der Waals surface area contributed by atoms with Crippen LogP contribution in [0.25, 0.3) is 11.3 Å². The molecule has 0 radical (unpaired) electrons. The predicted molar refractivity (Wildman–Crippen MR) is 60.7 cm³/mol. The van der Waals surface area contributed by atoms with Crippen LogP contribution in [0.2, 0.25) is 5.02 Å². The first-order valence-electron chi connectivity index (χ1n) is 4.75. The molecule has 4 nitrogen and oxygen atoms in total. The summed E-state index contributed by atoms with van der Waals surface area (Å²) in [7, 11) is 0. The number of benzene rings is 1. The second-order valence-corrected chi connectivity index (χ2v) is 3.85. The molecule has 0 aliphatic carbocycles. The van der Waals surface area contributed by atoms with E-state index < -0.39 is 11.8 Å². The van der Waals surface area contributed by atoms with Crippen molar-refractivity contribution in [3.63, 3.8) is 0 Å². The minimum absolute atomic E-state index is 0.00378. The van der Waals surface area contributed by atoms with E-state index >= 15 is 0 Å². The number of aromatic amines is 1. The van der Waals surface area contributed by atoms with Crippen LogP contribution in [0.4, 0.5) is 4.39 Å². The minimum atomic E-state index is -1.21. The Kier molecular flexibility index (Phi) is 2.85. The van der Waals surface area contributed by atoms with Gasteiger partial charge in [-0.2, -0.15) is 0 Å². The minimum Gasteiger partial charge on any atom is -0.477 e. The molecule has 0 fully saturated rings. The number of carboxylic acid groups (broad SMARTS) is 1. The van der Waals surface area contributed by atoms with Crippen LogP contribution >= 0.6 is 11.6 Å². The van der Waals surface area contributed by atoms with Crippen molar-refractivity contribution in [1.82, 2.24) is 9.97 Å². The van der Waals surface area contributed by atoms with Crippen molar-refractivity contribution in [1.29, 1.82) is 0 Å². The highest BCUT2D eigenvalue weighted by atomic mass is 35.5. The molecule has 6 heteroatoms. The number of carbonyl (C=O) groups is 1. The molecule has 0 aliphatic heterocycles. The van der Waals surface area contributed by atoms with E-state index in [-0.39, 0.29) is 22.0 Å². The molecule has 0 spiro atoms. The number of aryl methyl sites for hydroxylation is 1. The summed E-state index contributed by atoms with van der Waals surface area (Å²) in [5.41, 5.74) is -0.163. The zero-order chi connectivity index (χ0) is 12.6. The number of hydrogen-bond donors (Lipinski definition) is 2. The van der Waals surface area contributed by atoms with E-state index in [1.54, 1.807) is 6.92 Å². The van der Waals surface area contributed by atoms with Crippen LogP contribution in [0.3, 0.4) is 0 Å². The van der Waals surface area contributed by atoms with Gasteiger partial charge in [-0.25, -0.2) is 14.2 Å². The van der Waals surface area contributed by atoms with Crippen molar-refractivity contribution < 1.29 is 14.3 Å². The summed E-state index contributed by atoms with van der Waals surface area (Å²) in [6.45, 7) is 1.59. The molecule has 0 aliphatic rings. The molecule has 0 saturated heterocycles. The standard InChI is InChI=1S/C11H8ClFN2O2/c1-5-14-9(10(15-5)11(16)17)8-6(12)3-2-4-7(8)13/h2-4H,1H3,(H,14,15)(H,16,17). The molecule has 1 heterocycles. The largest absolute Gasteiger partial charge is 0.477 e. The number of H-pyrrole nitrogens is 1. The Bertz CT molecular complexity index is 575. The molecule has 1 aromatic heterocycles. The number of aromatic nitrogens is 2.